The van der Waals surface area contributed by atoms with Gasteiger partial charge in [-0.1, -0.05) is 36.4 Å². The number of nitrogens with one attached hydrogen (secondary N) is 1. The molecule has 0 radical (unpaired) electrons. The van der Waals surface area contributed by atoms with Crippen LogP contribution in [0.3, 0.4) is 0 Å². The minimum atomic E-state index is -0.419. The second-order valence-electron chi connectivity index (χ2n) is 5.45. The summed E-state index contributed by atoms with van der Waals surface area (Å²) in [4.78, 5) is 24.0. The van der Waals surface area contributed by atoms with Gasteiger partial charge in [0.25, 0.3) is 0 Å². The lowest BCUT2D eigenvalue weighted by molar-refractivity contribution is -0.115. The highest BCUT2D eigenvalue weighted by molar-refractivity contribution is 7.99. The van der Waals surface area contributed by atoms with Gasteiger partial charge in [0.1, 0.15) is 0 Å². The number of amides is 1. The van der Waals surface area contributed by atoms with Gasteiger partial charge in [0, 0.05) is 11.4 Å². The zero-order valence-electron chi connectivity index (χ0n) is 14.0. The van der Waals surface area contributed by atoms with E-state index in [-0.39, 0.29) is 11.2 Å². The first kappa shape index (κ1) is 18.1. The van der Waals surface area contributed by atoms with Gasteiger partial charge in [-0.15, -0.1) is 11.8 Å². The molecule has 0 unspecified atom stereocenters. The summed E-state index contributed by atoms with van der Waals surface area (Å²) in [5.74, 6) is 0.273. The van der Waals surface area contributed by atoms with Crippen LogP contribution in [0.5, 0.6) is 0 Å². The standard InChI is InChI=1S/C19H21NO3S/c1-13-9-10-16(19(22)23-3)11-17(13)20-18(21)14(2)24-12-15-7-5-4-6-8-15/h4-11,14H,12H2,1-3H3,(H,20,21)/t14-/m0/s1. The number of anilines is 1. The SMILES string of the molecule is COC(=O)c1ccc(C)c(NC(=O)[C@H](C)SCc2ccccc2)c1. The highest BCUT2D eigenvalue weighted by Crippen LogP contribution is 2.22. The number of aryl methyl sites for hydroxylation is 1. The van der Waals surface area contributed by atoms with E-state index in [4.69, 9.17) is 4.74 Å². The second kappa shape index (κ2) is 8.55. The first-order valence-electron chi connectivity index (χ1n) is 7.66. The molecule has 5 heteroatoms. The Bertz CT molecular complexity index is 716. The van der Waals surface area contributed by atoms with Crippen molar-refractivity contribution in [2.45, 2.75) is 24.9 Å². The molecule has 0 aromatic heterocycles. The van der Waals surface area contributed by atoms with Crippen molar-refractivity contribution in [3.63, 3.8) is 0 Å². The van der Waals surface area contributed by atoms with Gasteiger partial charge < -0.3 is 10.1 Å². The molecule has 0 spiro atoms. The quantitative estimate of drug-likeness (QED) is 0.804. The Hall–Kier alpha value is -2.27. The summed E-state index contributed by atoms with van der Waals surface area (Å²) in [6, 6.07) is 15.2. The third-order valence-corrected chi connectivity index (χ3v) is 4.84. The van der Waals surface area contributed by atoms with E-state index in [0.717, 1.165) is 11.3 Å². The third-order valence-electron chi connectivity index (χ3n) is 3.63. The fourth-order valence-corrected chi connectivity index (χ4v) is 2.95. The van der Waals surface area contributed by atoms with Gasteiger partial charge in [-0.05, 0) is 37.1 Å². The highest BCUT2D eigenvalue weighted by atomic mass is 32.2. The van der Waals surface area contributed by atoms with E-state index in [1.807, 2.05) is 44.2 Å². The average Bonchev–Trinajstić information content (AvgIpc) is 2.61. The number of benzene rings is 2. The molecule has 0 saturated heterocycles. The van der Waals surface area contributed by atoms with Crippen molar-refractivity contribution >= 4 is 29.3 Å². The third kappa shape index (κ3) is 4.86. The van der Waals surface area contributed by atoms with E-state index in [2.05, 4.69) is 5.32 Å². The molecule has 1 N–H and O–H groups in total. The Kier molecular flexibility index (Phi) is 6.44. The molecule has 126 valence electrons. The first-order chi connectivity index (χ1) is 11.5. The lowest BCUT2D eigenvalue weighted by Gasteiger charge is -2.14. The number of rotatable bonds is 6. The Morgan fingerprint density at radius 1 is 1.17 bits per heavy atom. The van der Waals surface area contributed by atoms with Gasteiger partial charge in [-0.25, -0.2) is 4.79 Å². The maximum atomic E-state index is 12.4. The molecule has 0 aliphatic rings. The molecule has 2 rings (SSSR count). The van der Waals surface area contributed by atoms with Crippen molar-refractivity contribution in [2.24, 2.45) is 0 Å². The van der Waals surface area contributed by atoms with Crippen LogP contribution in [0.4, 0.5) is 5.69 Å². The van der Waals surface area contributed by atoms with Crippen LogP contribution in [0.25, 0.3) is 0 Å². The molecular weight excluding hydrogens is 322 g/mol. The molecule has 0 fully saturated rings. The van der Waals surface area contributed by atoms with Crippen molar-refractivity contribution < 1.29 is 14.3 Å². The minimum absolute atomic E-state index is 0.0824. The molecule has 0 aliphatic carbocycles. The number of esters is 1. The van der Waals surface area contributed by atoms with Crippen LogP contribution in [0, 0.1) is 6.92 Å². The maximum Gasteiger partial charge on any atom is 0.337 e. The van der Waals surface area contributed by atoms with Crippen LogP contribution in [0.2, 0.25) is 0 Å². The van der Waals surface area contributed by atoms with Crippen LogP contribution < -0.4 is 5.32 Å². The number of thioether (sulfide) groups is 1. The Morgan fingerprint density at radius 3 is 2.54 bits per heavy atom. The summed E-state index contributed by atoms with van der Waals surface area (Å²) in [6.07, 6.45) is 0. The molecule has 4 nitrogen and oxygen atoms in total. The number of hydrogen-bond acceptors (Lipinski definition) is 4. The second-order valence-corrected chi connectivity index (χ2v) is 6.78. The van der Waals surface area contributed by atoms with Crippen LogP contribution in [0.1, 0.15) is 28.4 Å². The van der Waals surface area contributed by atoms with Crippen molar-refractivity contribution in [3.05, 3.63) is 65.2 Å². The lowest BCUT2D eigenvalue weighted by Crippen LogP contribution is -2.23. The average molecular weight is 343 g/mol. The number of methoxy groups -OCH3 is 1. The molecule has 1 amide bonds. The Labute approximate surface area is 146 Å². The zero-order chi connectivity index (χ0) is 17.5. The Balaban J connectivity index is 1.99. The summed E-state index contributed by atoms with van der Waals surface area (Å²) in [5, 5.41) is 2.70. The monoisotopic (exact) mass is 343 g/mol. The van der Waals surface area contributed by atoms with E-state index >= 15 is 0 Å². The van der Waals surface area contributed by atoms with Crippen molar-refractivity contribution in [1.29, 1.82) is 0 Å². The number of carbonyl (C=O) groups is 2. The Morgan fingerprint density at radius 2 is 1.88 bits per heavy atom. The lowest BCUT2D eigenvalue weighted by atomic mass is 10.1. The zero-order valence-corrected chi connectivity index (χ0v) is 14.9. The van der Waals surface area contributed by atoms with E-state index in [1.54, 1.807) is 30.0 Å². The summed E-state index contributed by atoms with van der Waals surface area (Å²) >= 11 is 1.57. The van der Waals surface area contributed by atoms with Crippen molar-refractivity contribution in [1.82, 2.24) is 0 Å². The van der Waals surface area contributed by atoms with Crippen molar-refractivity contribution in [3.8, 4) is 0 Å². The van der Waals surface area contributed by atoms with Gasteiger partial charge in [0.05, 0.1) is 17.9 Å². The fourth-order valence-electron chi connectivity index (χ4n) is 2.11. The predicted molar refractivity (Wildman–Crippen MR) is 98.3 cm³/mol. The molecule has 0 bridgehead atoms. The predicted octanol–water partition coefficient (Wildman–Crippen LogP) is 4.04. The summed E-state index contributed by atoms with van der Waals surface area (Å²) < 4.78 is 4.72. The maximum absolute atomic E-state index is 12.4. The molecule has 0 saturated carbocycles. The molecule has 2 aromatic rings. The van der Waals surface area contributed by atoms with Gasteiger partial charge in [-0.2, -0.15) is 0 Å². The largest absolute Gasteiger partial charge is 0.465 e. The highest BCUT2D eigenvalue weighted by Gasteiger charge is 2.16. The van der Waals surface area contributed by atoms with Crippen LogP contribution in [0.15, 0.2) is 48.5 Å². The smallest absolute Gasteiger partial charge is 0.337 e. The van der Waals surface area contributed by atoms with Gasteiger partial charge in [0.15, 0.2) is 0 Å². The molecule has 2 aromatic carbocycles. The normalized spacial score (nSPS) is 11.6. The number of ether oxygens (including phenoxy) is 1. The van der Waals surface area contributed by atoms with Gasteiger partial charge in [0.2, 0.25) is 5.91 Å². The van der Waals surface area contributed by atoms with E-state index in [0.29, 0.717) is 11.3 Å². The summed E-state index contributed by atoms with van der Waals surface area (Å²) in [5.41, 5.74) is 3.14. The number of hydrogen-bond donors (Lipinski definition) is 1. The molecular formula is C19H21NO3S. The molecule has 1 atom stereocenters. The van der Waals surface area contributed by atoms with Gasteiger partial charge in [-0.3, -0.25) is 4.79 Å². The van der Waals surface area contributed by atoms with Crippen LogP contribution in [-0.4, -0.2) is 24.2 Å². The first-order valence-corrected chi connectivity index (χ1v) is 8.71. The van der Waals surface area contributed by atoms with Crippen LogP contribution >= 0.6 is 11.8 Å². The summed E-state index contributed by atoms with van der Waals surface area (Å²) in [6.45, 7) is 3.76. The van der Waals surface area contributed by atoms with E-state index in [1.165, 1.54) is 12.7 Å². The van der Waals surface area contributed by atoms with Crippen LogP contribution in [-0.2, 0) is 15.3 Å². The van der Waals surface area contributed by atoms with E-state index < -0.39 is 5.97 Å². The number of carbonyl (C=O) groups excluding carboxylic acids is 2. The van der Waals surface area contributed by atoms with Crippen molar-refractivity contribution in [2.75, 3.05) is 12.4 Å². The molecule has 0 heterocycles. The topological polar surface area (TPSA) is 55.4 Å². The molecule has 0 aliphatic heterocycles. The van der Waals surface area contributed by atoms with Gasteiger partial charge >= 0.3 is 5.97 Å². The fraction of sp³-hybridized carbons (Fsp3) is 0.263. The minimum Gasteiger partial charge on any atom is -0.465 e. The summed E-state index contributed by atoms with van der Waals surface area (Å²) in [7, 11) is 1.34. The van der Waals surface area contributed by atoms with E-state index in [9.17, 15) is 9.59 Å². The molecule has 24 heavy (non-hydrogen) atoms.